The smallest absolute Gasteiger partial charge is 1.00 e. The van der Waals surface area contributed by atoms with Gasteiger partial charge in [0.2, 0.25) is 0 Å². The molecule has 0 saturated carbocycles. The van der Waals surface area contributed by atoms with E-state index < -0.39 is 15.2 Å². The van der Waals surface area contributed by atoms with Gasteiger partial charge in [0.25, 0.3) is 0 Å². The number of rotatable bonds is 0. The molecule has 0 amide bonds. The van der Waals surface area contributed by atoms with Crippen LogP contribution >= 0.6 is 0 Å². The summed E-state index contributed by atoms with van der Waals surface area (Å²) in [7, 11) is -4.61. The van der Waals surface area contributed by atoms with E-state index in [1.807, 2.05) is 0 Å². The van der Waals surface area contributed by atoms with Crippen LogP contribution in [-0.2, 0) is 0 Å². The molecule has 0 aromatic carbocycles. The van der Waals surface area contributed by atoms with Gasteiger partial charge in [-0.2, -0.15) is 0 Å². The maximum atomic E-state index is 8.33. The normalized spacial score (nSPS) is 5.60. The predicted molar refractivity (Wildman–Crippen MR) is 31.3 cm³/mol. The summed E-state index contributed by atoms with van der Waals surface area (Å²) in [5, 5.41) is 16.7. The van der Waals surface area contributed by atoms with E-state index in [9.17, 15) is 0 Å². The van der Waals surface area contributed by atoms with Crippen molar-refractivity contribution in [3.8, 4) is 0 Å². The topological polar surface area (TPSA) is 206 Å². The Labute approximate surface area is 180 Å². The SMILES string of the molecule is O.O=C([O-])[O-].O[Si](O)(O)O.[Ca+2].[F-].[K+].[Na+].[OH-]. The van der Waals surface area contributed by atoms with Crippen LogP contribution in [0.4, 0.5) is 4.79 Å². The van der Waals surface area contributed by atoms with Crippen LogP contribution in [0.3, 0.4) is 0 Å². The Hall–Kier alpha value is 3.07. The molecule has 0 heterocycles. The second kappa shape index (κ2) is 30.3. The van der Waals surface area contributed by atoms with Crippen molar-refractivity contribution in [3.05, 3.63) is 0 Å². The van der Waals surface area contributed by atoms with Crippen LogP contribution in [0.5, 0.6) is 0 Å². The van der Waals surface area contributed by atoms with E-state index in [4.69, 9.17) is 34.2 Å². The molecule has 0 aliphatic carbocycles. The summed E-state index contributed by atoms with van der Waals surface area (Å²) in [4.78, 5) is 37.6. The van der Waals surface area contributed by atoms with Crippen molar-refractivity contribution in [2.24, 2.45) is 0 Å². The van der Waals surface area contributed by atoms with Crippen molar-refractivity contribution in [1.29, 1.82) is 0 Å². The molecule has 14 heteroatoms. The van der Waals surface area contributed by atoms with E-state index >= 15 is 0 Å². The molecule has 0 radical (unpaired) electrons. The standard InChI is InChI=1S/CH2O3.Ca.FH.K.Na.H4O4Si.2H2O/c2-1(3)4;;;;;1-5(2,3)4;;/h(H2,2,3,4);;1H;;;1-4H;2*1H2/q;+2;;2*+1;;;/p-4. The fourth-order valence-electron chi connectivity index (χ4n) is 0. The van der Waals surface area contributed by atoms with Gasteiger partial charge < -0.3 is 49.8 Å². The number of carboxylic acid groups (broad SMARTS) is 2. The van der Waals surface area contributed by atoms with Crippen LogP contribution in [-0.4, -0.2) is 83.1 Å². The Bertz CT molecular complexity index is 92.6. The molecule has 0 unspecified atom stereocenters. The van der Waals surface area contributed by atoms with E-state index in [-0.39, 0.29) is 134 Å². The third-order valence-corrected chi connectivity index (χ3v) is 0. The van der Waals surface area contributed by atoms with Gasteiger partial charge in [-0.15, -0.1) is 0 Å². The first kappa shape index (κ1) is 51.9. The third-order valence-electron chi connectivity index (χ3n) is 0. The molecule has 0 saturated heterocycles. The molecule has 0 fully saturated rings. The van der Waals surface area contributed by atoms with Crippen LogP contribution in [0.15, 0.2) is 0 Å². The van der Waals surface area contributed by atoms with Crippen molar-refractivity contribution in [1.82, 2.24) is 0 Å². The minimum atomic E-state index is -4.61. The number of carbonyl (C=O) groups is 1. The van der Waals surface area contributed by atoms with Crippen LogP contribution < -0.4 is 95.9 Å². The molecule has 0 aliphatic heterocycles. The summed E-state index contributed by atoms with van der Waals surface area (Å²) < 4.78 is 0. The maximum absolute atomic E-state index is 8.33. The fraction of sp³-hybridized carbons (Fsp3) is 0. The Balaban J connectivity index is -0.00000000785. The van der Waals surface area contributed by atoms with Gasteiger partial charge in [-0.05, 0) is 6.16 Å². The largest absolute Gasteiger partial charge is 2.00 e. The van der Waals surface area contributed by atoms with Gasteiger partial charge in [0, 0.05) is 0 Å². The van der Waals surface area contributed by atoms with Gasteiger partial charge >= 0.3 is 128 Å². The third kappa shape index (κ3) is 411. The number of carbonyl (C=O) groups excluding carboxylic acids is 1. The van der Waals surface area contributed by atoms with Crippen molar-refractivity contribution < 1.29 is 131 Å². The van der Waals surface area contributed by atoms with Crippen LogP contribution in [0, 0.1) is 0 Å². The second-order valence-corrected chi connectivity index (χ2v) is 2.05. The molecule has 0 spiro atoms. The number of hydrogen-bond donors (Lipinski definition) is 4. The summed E-state index contributed by atoms with van der Waals surface area (Å²) in [5.41, 5.74) is 0. The fourth-order valence-corrected chi connectivity index (χ4v) is 0. The van der Waals surface area contributed by atoms with Gasteiger partial charge in [-0.25, -0.2) is 0 Å². The summed E-state index contributed by atoms with van der Waals surface area (Å²) in [6.45, 7) is 0. The monoisotopic (exact) mass is 312 g/mol. The molecule has 0 atom stereocenters. The van der Waals surface area contributed by atoms with Gasteiger partial charge in [0.1, 0.15) is 0 Å². The van der Waals surface area contributed by atoms with E-state index in [2.05, 4.69) is 0 Å². The van der Waals surface area contributed by atoms with Crippen molar-refractivity contribution in [3.63, 3.8) is 0 Å². The van der Waals surface area contributed by atoms with E-state index in [0.717, 1.165) is 0 Å². The predicted octanol–water partition coefficient (Wildman–Crippen LogP) is -15.4. The molecule has 80 valence electrons. The second-order valence-electron chi connectivity index (χ2n) is 0.850. The molecule has 0 aromatic heterocycles. The summed E-state index contributed by atoms with van der Waals surface area (Å²) in [6, 6.07) is 0. The molecule has 0 aromatic rings. The molecule has 0 aliphatic rings. The molecule has 15 heavy (non-hydrogen) atoms. The van der Waals surface area contributed by atoms with Crippen LogP contribution in [0.25, 0.3) is 0 Å². The van der Waals surface area contributed by atoms with Crippen molar-refractivity contribution in [2.45, 2.75) is 0 Å². The van der Waals surface area contributed by atoms with E-state index in [1.54, 1.807) is 0 Å². The van der Waals surface area contributed by atoms with Gasteiger partial charge in [0.15, 0.2) is 0 Å². The van der Waals surface area contributed by atoms with E-state index in [1.165, 1.54) is 0 Å². The zero-order valence-corrected chi connectivity index (χ0v) is 16.4. The average Bonchev–Trinajstić information content (AvgIpc) is 1.19. The zero-order valence-electron chi connectivity index (χ0n) is 8.05. The summed E-state index contributed by atoms with van der Waals surface area (Å²) in [6.07, 6.45) is -2.33. The first-order chi connectivity index (χ1) is 3.73. The Morgan fingerprint density at radius 1 is 1.07 bits per heavy atom. The molecule has 7 N–H and O–H groups in total. The summed E-state index contributed by atoms with van der Waals surface area (Å²) in [5.74, 6) is 0. The maximum Gasteiger partial charge on any atom is 2.00 e. The quantitative estimate of drug-likeness (QED) is 0.315. The molecule has 0 bridgehead atoms. The number of hydrogen-bond acceptors (Lipinski definition) is 8. The Morgan fingerprint density at radius 3 is 1.07 bits per heavy atom. The first-order valence-corrected chi connectivity index (χ1v) is 3.30. The van der Waals surface area contributed by atoms with Gasteiger partial charge in [0.05, 0.1) is 0 Å². The summed E-state index contributed by atoms with van der Waals surface area (Å²) >= 11 is 0. The molecular weight excluding hydrogens is 305 g/mol. The average molecular weight is 312 g/mol. The Morgan fingerprint density at radius 2 is 1.07 bits per heavy atom. The van der Waals surface area contributed by atoms with Crippen molar-refractivity contribution in [2.75, 3.05) is 0 Å². The minimum absolute atomic E-state index is 0. The molecular formula is CH7CaFKNaO9Si. The Kier molecular flexibility index (Phi) is 105. The van der Waals surface area contributed by atoms with Crippen LogP contribution in [0.1, 0.15) is 0 Å². The van der Waals surface area contributed by atoms with Gasteiger partial charge in [-0.3, -0.25) is 0 Å². The van der Waals surface area contributed by atoms with Gasteiger partial charge in [-0.1, -0.05) is 0 Å². The van der Waals surface area contributed by atoms with E-state index in [0.29, 0.717) is 0 Å². The first-order valence-electron chi connectivity index (χ1n) is 1.51. The number of halogens is 1. The van der Waals surface area contributed by atoms with Crippen molar-refractivity contribution >= 4 is 52.9 Å². The molecule has 0 rings (SSSR count). The minimum Gasteiger partial charge on any atom is -1.00 e. The zero-order chi connectivity index (χ0) is 8.08. The van der Waals surface area contributed by atoms with Crippen LogP contribution in [0.2, 0.25) is 0 Å². The molecule has 9 nitrogen and oxygen atoms in total.